The molecule has 6 heteroatoms. The molecule has 0 saturated carbocycles. The van der Waals surface area contributed by atoms with E-state index in [0.717, 1.165) is 50.5 Å². The van der Waals surface area contributed by atoms with Crippen molar-refractivity contribution >= 4 is 23.2 Å². The fourth-order valence-electron chi connectivity index (χ4n) is 3.90. The van der Waals surface area contributed by atoms with Gasteiger partial charge in [0.25, 0.3) is 0 Å². The van der Waals surface area contributed by atoms with Gasteiger partial charge in [0, 0.05) is 44.1 Å². The maximum atomic E-state index is 12.7. The molecule has 2 amide bonds. The zero-order chi connectivity index (χ0) is 19.3. The minimum Gasteiger partial charge on any atom is -0.325 e. The first kappa shape index (κ1) is 18.7. The van der Waals surface area contributed by atoms with E-state index in [0.29, 0.717) is 13.1 Å². The SMILES string of the molecule is O=C(CN1CCN(CC(=O)N2CCc3ccccc32)CC1)Nc1ccccc1. The Balaban J connectivity index is 1.22. The number of piperazine rings is 1. The summed E-state index contributed by atoms with van der Waals surface area (Å²) in [5, 5.41) is 2.92. The van der Waals surface area contributed by atoms with Crippen molar-refractivity contribution < 1.29 is 9.59 Å². The lowest BCUT2D eigenvalue weighted by Crippen LogP contribution is -2.51. The molecule has 2 aliphatic heterocycles. The highest BCUT2D eigenvalue weighted by Gasteiger charge is 2.27. The maximum Gasteiger partial charge on any atom is 0.241 e. The molecule has 1 fully saturated rings. The van der Waals surface area contributed by atoms with Crippen LogP contribution in [0.25, 0.3) is 0 Å². The normalized spacial score (nSPS) is 17.4. The van der Waals surface area contributed by atoms with E-state index < -0.39 is 0 Å². The monoisotopic (exact) mass is 378 g/mol. The van der Waals surface area contributed by atoms with Gasteiger partial charge in [-0.25, -0.2) is 0 Å². The Kier molecular flexibility index (Phi) is 5.69. The molecule has 1 N–H and O–H groups in total. The third-order valence-electron chi connectivity index (χ3n) is 5.44. The first-order valence-electron chi connectivity index (χ1n) is 9.87. The fraction of sp³-hybridized carbons (Fsp3) is 0.364. The third-order valence-corrected chi connectivity index (χ3v) is 5.44. The summed E-state index contributed by atoms with van der Waals surface area (Å²) in [6.45, 7) is 4.81. The van der Waals surface area contributed by atoms with E-state index in [9.17, 15) is 9.59 Å². The van der Waals surface area contributed by atoms with Crippen LogP contribution in [0, 0.1) is 0 Å². The predicted molar refractivity (Wildman–Crippen MR) is 110 cm³/mol. The Hall–Kier alpha value is -2.70. The maximum absolute atomic E-state index is 12.7. The molecular weight excluding hydrogens is 352 g/mol. The molecule has 0 atom stereocenters. The first-order valence-corrected chi connectivity index (χ1v) is 9.87. The quantitative estimate of drug-likeness (QED) is 0.863. The standard InChI is InChI=1S/C22H26N4O2/c27-21(23-19-7-2-1-3-8-19)16-24-12-14-25(15-13-24)17-22(28)26-11-10-18-6-4-5-9-20(18)26/h1-9H,10-17H2,(H,23,27). The molecule has 6 nitrogen and oxygen atoms in total. The summed E-state index contributed by atoms with van der Waals surface area (Å²) < 4.78 is 0. The molecule has 28 heavy (non-hydrogen) atoms. The van der Waals surface area contributed by atoms with E-state index in [1.807, 2.05) is 53.4 Å². The van der Waals surface area contributed by atoms with Gasteiger partial charge in [-0.05, 0) is 30.2 Å². The number of benzene rings is 2. The molecule has 2 aromatic carbocycles. The van der Waals surface area contributed by atoms with Gasteiger partial charge in [0.2, 0.25) is 11.8 Å². The summed E-state index contributed by atoms with van der Waals surface area (Å²) in [6, 6.07) is 17.7. The molecule has 0 bridgehead atoms. The van der Waals surface area contributed by atoms with Crippen molar-refractivity contribution in [2.24, 2.45) is 0 Å². The van der Waals surface area contributed by atoms with Crippen molar-refractivity contribution in [3.05, 3.63) is 60.2 Å². The van der Waals surface area contributed by atoms with Crippen molar-refractivity contribution in [3.8, 4) is 0 Å². The molecule has 1 saturated heterocycles. The molecule has 4 rings (SSSR count). The van der Waals surface area contributed by atoms with Crippen LogP contribution in [0.15, 0.2) is 54.6 Å². The van der Waals surface area contributed by atoms with Crippen LogP contribution < -0.4 is 10.2 Å². The number of carbonyl (C=O) groups excluding carboxylic acids is 2. The Morgan fingerprint density at radius 2 is 1.43 bits per heavy atom. The van der Waals surface area contributed by atoms with Crippen LogP contribution in [0.1, 0.15) is 5.56 Å². The molecular formula is C22H26N4O2. The van der Waals surface area contributed by atoms with Crippen LogP contribution in [-0.2, 0) is 16.0 Å². The van der Waals surface area contributed by atoms with E-state index in [1.54, 1.807) is 0 Å². The fourth-order valence-corrected chi connectivity index (χ4v) is 3.90. The number of para-hydroxylation sites is 2. The summed E-state index contributed by atoms with van der Waals surface area (Å²) >= 11 is 0. The van der Waals surface area contributed by atoms with Gasteiger partial charge >= 0.3 is 0 Å². The number of hydrogen-bond donors (Lipinski definition) is 1. The third kappa shape index (κ3) is 4.40. The molecule has 0 unspecified atom stereocenters. The lowest BCUT2D eigenvalue weighted by molar-refractivity contribution is -0.121. The molecule has 2 heterocycles. The number of fused-ring (bicyclic) bond motifs is 1. The Labute approximate surface area is 165 Å². The Bertz CT molecular complexity index is 831. The molecule has 146 valence electrons. The summed E-state index contributed by atoms with van der Waals surface area (Å²) in [5.41, 5.74) is 3.14. The van der Waals surface area contributed by atoms with Gasteiger partial charge in [-0.1, -0.05) is 36.4 Å². The summed E-state index contributed by atoms with van der Waals surface area (Å²) in [6.07, 6.45) is 0.937. The molecule has 0 radical (unpaired) electrons. The van der Waals surface area contributed by atoms with Gasteiger partial charge in [-0.2, -0.15) is 0 Å². The molecule has 0 aromatic heterocycles. The number of nitrogens with zero attached hydrogens (tertiary/aromatic N) is 3. The molecule has 2 aliphatic rings. The minimum atomic E-state index is 0.00407. The largest absolute Gasteiger partial charge is 0.325 e. The summed E-state index contributed by atoms with van der Waals surface area (Å²) in [4.78, 5) is 31.2. The summed E-state index contributed by atoms with van der Waals surface area (Å²) in [7, 11) is 0. The van der Waals surface area contributed by atoms with Crippen molar-refractivity contribution in [1.82, 2.24) is 9.80 Å². The van der Waals surface area contributed by atoms with Crippen LogP contribution in [0.2, 0.25) is 0 Å². The second-order valence-electron chi connectivity index (χ2n) is 7.39. The van der Waals surface area contributed by atoms with Crippen LogP contribution in [0.3, 0.4) is 0 Å². The zero-order valence-corrected chi connectivity index (χ0v) is 16.0. The highest BCUT2D eigenvalue weighted by atomic mass is 16.2. The topological polar surface area (TPSA) is 55.9 Å². The van der Waals surface area contributed by atoms with E-state index >= 15 is 0 Å². The van der Waals surface area contributed by atoms with E-state index in [-0.39, 0.29) is 11.8 Å². The van der Waals surface area contributed by atoms with Crippen LogP contribution >= 0.6 is 0 Å². The van der Waals surface area contributed by atoms with Crippen molar-refractivity contribution in [3.63, 3.8) is 0 Å². The molecule has 2 aromatic rings. The van der Waals surface area contributed by atoms with Gasteiger partial charge in [-0.3, -0.25) is 19.4 Å². The second-order valence-corrected chi connectivity index (χ2v) is 7.39. The lowest BCUT2D eigenvalue weighted by Gasteiger charge is -2.34. The van der Waals surface area contributed by atoms with Crippen LogP contribution in [-0.4, -0.2) is 67.4 Å². The van der Waals surface area contributed by atoms with E-state index in [4.69, 9.17) is 0 Å². The molecule has 0 spiro atoms. The number of carbonyl (C=O) groups is 2. The smallest absolute Gasteiger partial charge is 0.241 e. The number of anilines is 2. The Morgan fingerprint density at radius 1 is 0.786 bits per heavy atom. The van der Waals surface area contributed by atoms with Gasteiger partial charge in [0.15, 0.2) is 0 Å². The highest BCUT2D eigenvalue weighted by molar-refractivity contribution is 5.96. The Morgan fingerprint density at radius 3 is 2.18 bits per heavy atom. The summed E-state index contributed by atoms with van der Waals surface area (Å²) in [5.74, 6) is 0.171. The molecule has 0 aliphatic carbocycles. The van der Waals surface area contributed by atoms with Crippen molar-refractivity contribution in [2.75, 3.05) is 56.0 Å². The van der Waals surface area contributed by atoms with E-state index in [1.165, 1.54) is 5.56 Å². The predicted octanol–water partition coefficient (Wildman–Crippen LogP) is 1.83. The second kappa shape index (κ2) is 8.54. The van der Waals surface area contributed by atoms with Crippen LogP contribution in [0.4, 0.5) is 11.4 Å². The minimum absolute atomic E-state index is 0.00407. The first-order chi connectivity index (χ1) is 13.7. The zero-order valence-electron chi connectivity index (χ0n) is 16.0. The number of amides is 2. The lowest BCUT2D eigenvalue weighted by atomic mass is 10.2. The average Bonchev–Trinajstić information content (AvgIpc) is 3.14. The number of nitrogens with one attached hydrogen (secondary N) is 1. The van der Waals surface area contributed by atoms with Crippen molar-refractivity contribution in [1.29, 1.82) is 0 Å². The van der Waals surface area contributed by atoms with Crippen molar-refractivity contribution in [2.45, 2.75) is 6.42 Å². The van der Waals surface area contributed by atoms with Gasteiger partial charge in [0.1, 0.15) is 0 Å². The number of hydrogen-bond acceptors (Lipinski definition) is 4. The van der Waals surface area contributed by atoms with Gasteiger partial charge in [-0.15, -0.1) is 0 Å². The van der Waals surface area contributed by atoms with Crippen LogP contribution in [0.5, 0.6) is 0 Å². The van der Waals surface area contributed by atoms with Gasteiger partial charge in [0.05, 0.1) is 13.1 Å². The van der Waals surface area contributed by atoms with E-state index in [2.05, 4.69) is 21.2 Å². The van der Waals surface area contributed by atoms with Gasteiger partial charge < -0.3 is 10.2 Å². The average molecular weight is 378 g/mol. The number of rotatable bonds is 5. The highest BCUT2D eigenvalue weighted by Crippen LogP contribution is 2.27.